The van der Waals surface area contributed by atoms with Crippen LogP contribution in [0.1, 0.15) is 13.3 Å². The van der Waals surface area contributed by atoms with Gasteiger partial charge in [0.05, 0.1) is 6.42 Å². The van der Waals surface area contributed by atoms with Gasteiger partial charge in [0.1, 0.15) is 0 Å². The van der Waals surface area contributed by atoms with E-state index in [2.05, 4.69) is 6.58 Å². The Bertz CT molecular complexity index is 250. The third-order valence-corrected chi connectivity index (χ3v) is 3.04. The quantitative estimate of drug-likeness (QED) is 0.270. The topological polar surface area (TPSA) is 54.0 Å². The van der Waals surface area contributed by atoms with Gasteiger partial charge >= 0.3 is 11.9 Å². The van der Waals surface area contributed by atoms with Crippen molar-refractivity contribution in [1.29, 1.82) is 0 Å². The predicted octanol–water partition coefficient (Wildman–Crippen LogP) is -0.220. The molecular formula is C10H20O5Si. The maximum Gasteiger partial charge on any atom is 0.337 e. The monoisotopic (exact) mass is 248 g/mol. The largest absolute Gasteiger partial charge is 0.404 e. The maximum atomic E-state index is 11.4. The van der Waals surface area contributed by atoms with Gasteiger partial charge in [0.2, 0.25) is 0 Å². The first-order chi connectivity index (χ1) is 7.40. The van der Waals surface area contributed by atoms with Crippen molar-refractivity contribution in [3.05, 3.63) is 12.2 Å². The van der Waals surface area contributed by atoms with Gasteiger partial charge in [0, 0.05) is 42.9 Å². The molecule has 0 aliphatic carbocycles. The molecule has 0 aliphatic heterocycles. The number of carbonyl (C=O) groups is 1. The van der Waals surface area contributed by atoms with Gasteiger partial charge in [-0.3, -0.25) is 0 Å². The Labute approximate surface area is 99.1 Å². The standard InChI is InChI=1S/C10H20O5Si/c1-7(2)9(11)15-10(13-4,14-5)6-8(16)12-3/h8H,1,6H2,2-5,16H3. The van der Waals surface area contributed by atoms with Crippen LogP contribution in [0, 0.1) is 0 Å². The maximum absolute atomic E-state index is 11.4. The van der Waals surface area contributed by atoms with Gasteiger partial charge in [-0.25, -0.2) is 4.79 Å². The summed E-state index contributed by atoms with van der Waals surface area (Å²) in [5, 5.41) is 0. The van der Waals surface area contributed by atoms with Crippen molar-refractivity contribution in [2.75, 3.05) is 21.3 Å². The highest BCUT2D eigenvalue weighted by Crippen LogP contribution is 2.21. The summed E-state index contributed by atoms with van der Waals surface area (Å²) in [5.74, 6) is -1.94. The van der Waals surface area contributed by atoms with E-state index in [-0.39, 0.29) is 5.73 Å². The molecule has 0 amide bonds. The summed E-state index contributed by atoms with van der Waals surface area (Å²) in [6.07, 6.45) is 0.335. The lowest BCUT2D eigenvalue weighted by molar-refractivity contribution is -0.349. The van der Waals surface area contributed by atoms with E-state index in [1.807, 2.05) is 0 Å². The first kappa shape index (κ1) is 15.3. The summed E-state index contributed by atoms with van der Waals surface area (Å²) in [6.45, 7) is 5.06. The molecule has 0 aromatic carbocycles. The number of carbonyl (C=O) groups excluding carboxylic acids is 1. The minimum absolute atomic E-state index is 0.0298. The lowest BCUT2D eigenvalue weighted by Crippen LogP contribution is -2.43. The Morgan fingerprint density at radius 1 is 1.38 bits per heavy atom. The van der Waals surface area contributed by atoms with Crippen molar-refractivity contribution in [2.45, 2.75) is 25.0 Å². The molecule has 0 aromatic heterocycles. The molecule has 94 valence electrons. The second kappa shape index (κ2) is 6.80. The van der Waals surface area contributed by atoms with E-state index in [1.54, 1.807) is 14.0 Å². The Hall–Kier alpha value is -0.693. The SMILES string of the molecule is C=C(C)C(=O)OC(CC([SiH3])OC)(OC)OC. The average molecular weight is 248 g/mol. The minimum Gasteiger partial charge on any atom is -0.404 e. The third-order valence-electron chi connectivity index (χ3n) is 2.16. The van der Waals surface area contributed by atoms with Crippen LogP contribution in [0.15, 0.2) is 12.2 Å². The summed E-state index contributed by atoms with van der Waals surface area (Å²) in [7, 11) is 5.20. The molecule has 0 saturated heterocycles. The lowest BCUT2D eigenvalue weighted by atomic mass is 10.3. The van der Waals surface area contributed by atoms with Gasteiger partial charge < -0.3 is 18.9 Å². The van der Waals surface area contributed by atoms with E-state index in [4.69, 9.17) is 18.9 Å². The van der Waals surface area contributed by atoms with Crippen LogP contribution in [-0.2, 0) is 23.7 Å². The van der Waals surface area contributed by atoms with Gasteiger partial charge in [0.25, 0.3) is 0 Å². The zero-order valence-electron chi connectivity index (χ0n) is 10.5. The van der Waals surface area contributed by atoms with Crippen molar-refractivity contribution in [3.63, 3.8) is 0 Å². The molecule has 0 rings (SSSR count). The summed E-state index contributed by atoms with van der Waals surface area (Å²) in [4.78, 5) is 11.4. The summed E-state index contributed by atoms with van der Waals surface area (Å²) < 4.78 is 20.5. The first-order valence-electron chi connectivity index (χ1n) is 4.92. The molecule has 0 radical (unpaired) electrons. The van der Waals surface area contributed by atoms with Crippen molar-refractivity contribution in [1.82, 2.24) is 0 Å². The molecule has 0 fully saturated rings. The second-order valence-electron chi connectivity index (χ2n) is 3.51. The van der Waals surface area contributed by atoms with E-state index in [1.165, 1.54) is 14.2 Å². The minimum atomic E-state index is -1.39. The summed E-state index contributed by atoms with van der Waals surface area (Å²) in [5.41, 5.74) is 0.263. The van der Waals surface area contributed by atoms with Crippen LogP contribution in [-0.4, -0.2) is 49.2 Å². The molecule has 6 heteroatoms. The Balaban J connectivity index is 4.67. The molecular weight excluding hydrogens is 228 g/mol. The normalized spacial score (nSPS) is 13.5. The fraction of sp³-hybridized carbons (Fsp3) is 0.700. The molecule has 1 unspecified atom stereocenters. The van der Waals surface area contributed by atoms with Crippen molar-refractivity contribution >= 4 is 16.2 Å². The fourth-order valence-corrected chi connectivity index (χ4v) is 1.54. The molecule has 0 aromatic rings. The van der Waals surface area contributed by atoms with Crippen LogP contribution in [0.5, 0.6) is 0 Å². The highest BCUT2D eigenvalue weighted by Gasteiger charge is 2.36. The van der Waals surface area contributed by atoms with Gasteiger partial charge in [-0.1, -0.05) is 6.58 Å². The Kier molecular flexibility index (Phi) is 6.50. The van der Waals surface area contributed by atoms with Crippen LogP contribution in [0.25, 0.3) is 0 Å². The van der Waals surface area contributed by atoms with Crippen molar-refractivity contribution in [3.8, 4) is 0 Å². The molecule has 1 atom stereocenters. The Morgan fingerprint density at radius 3 is 2.19 bits per heavy atom. The van der Waals surface area contributed by atoms with Crippen LogP contribution in [0.3, 0.4) is 0 Å². The average Bonchev–Trinajstić information content (AvgIpc) is 2.27. The number of methoxy groups -OCH3 is 3. The second-order valence-corrected chi connectivity index (χ2v) is 4.80. The van der Waals surface area contributed by atoms with E-state index in [0.717, 1.165) is 10.2 Å². The van der Waals surface area contributed by atoms with Crippen molar-refractivity contribution < 1.29 is 23.7 Å². The number of ether oxygens (including phenoxy) is 4. The first-order valence-corrected chi connectivity index (χ1v) is 6.08. The van der Waals surface area contributed by atoms with Crippen LogP contribution < -0.4 is 0 Å². The molecule has 0 heterocycles. The molecule has 0 N–H and O–H groups in total. The predicted molar refractivity (Wildman–Crippen MR) is 63.0 cm³/mol. The van der Waals surface area contributed by atoms with Crippen LogP contribution in [0.4, 0.5) is 0 Å². The molecule has 0 saturated carbocycles. The number of hydrogen-bond acceptors (Lipinski definition) is 5. The summed E-state index contributed by atoms with van der Waals surface area (Å²) in [6, 6.07) is 0. The van der Waals surface area contributed by atoms with Gasteiger partial charge in [-0.2, -0.15) is 0 Å². The summed E-state index contributed by atoms with van der Waals surface area (Å²) >= 11 is 0. The Morgan fingerprint density at radius 2 is 1.88 bits per heavy atom. The van der Waals surface area contributed by atoms with Gasteiger partial charge in [-0.15, -0.1) is 0 Å². The fourth-order valence-electron chi connectivity index (χ4n) is 1.04. The van der Waals surface area contributed by atoms with Crippen LogP contribution >= 0.6 is 0 Å². The van der Waals surface area contributed by atoms with E-state index >= 15 is 0 Å². The molecule has 0 spiro atoms. The molecule has 5 nitrogen and oxygen atoms in total. The van der Waals surface area contributed by atoms with Crippen molar-refractivity contribution in [2.24, 2.45) is 0 Å². The van der Waals surface area contributed by atoms with E-state index < -0.39 is 11.9 Å². The number of esters is 1. The van der Waals surface area contributed by atoms with Gasteiger partial charge in [-0.05, 0) is 6.92 Å². The van der Waals surface area contributed by atoms with Crippen LogP contribution in [0.2, 0.25) is 0 Å². The lowest BCUT2D eigenvalue weighted by Gasteiger charge is -2.31. The smallest absolute Gasteiger partial charge is 0.337 e. The molecule has 0 aliphatic rings. The molecule has 16 heavy (non-hydrogen) atoms. The number of rotatable bonds is 7. The highest BCUT2D eigenvalue weighted by molar-refractivity contribution is 6.11. The van der Waals surface area contributed by atoms with E-state index in [9.17, 15) is 4.79 Å². The van der Waals surface area contributed by atoms with Gasteiger partial charge in [0.15, 0.2) is 0 Å². The third kappa shape index (κ3) is 4.44. The van der Waals surface area contributed by atoms with E-state index in [0.29, 0.717) is 12.0 Å². The zero-order valence-corrected chi connectivity index (χ0v) is 12.5. The number of hydrogen-bond donors (Lipinski definition) is 0. The zero-order chi connectivity index (χ0) is 12.8. The molecule has 0 bridgehead atoms. The highest BCUT2D eigenvalue weighted by atomic mass is 28.1.